The third-order valence-electron chi connectivity index (χ3n) is 5.97. The molecule has 4 amide bonds. The highest BCUT2D eigenvalue weighted by atomic mass is 19.4. The van der Waals surface area contributed by atoms with Crippen molar-refractivity contribution in [2.75, 3.05) is 25.5 Å². The van der Waals surface area contributed by atoms with Crippen molar-refractivity contribution in [3.05, 3.63) is 64.7 Å². The number of carbonyl (C=O) groups is 4. The maximum absolute atomic E-state index is 12.7. The summed E-state index contributed by atoms with van der Waals surface area (Å²) in [6.07, 6.45) is -3.68. The van der Waals surface area contributed by atoms with Crippen molar-refractivity contribution in [1.29, 1.82) is 0 Å². The molecule has 172 valence electrons. The fourth-order valence-electron chi connectivity index (χ4n) is 4.01. The molecule has 1 saturated heterocycles. The summed E-state index contributed by atoms with van der Waals surface area (Å²) in [5.74, 6) is -1.83. The Balaban J connectivity index is 1.35. The summed E-state index contributed by atoms with van der Waals surface area (Å²) in [4.78, 5) is 51.9. The van der Waals surface area contributed by atoms with Crippen LogP contribution in [0.4, 0.5) is 18.9 Å². The molecular weight excluding hydrogens is 439 g/mol. The van der Waals surface area contributed by atoms with Crippen molar-refractivity contribution in [2.45, 2.75) is 19.0 Å². The highest BCUT2D eigenvalue weighted by Gasteiger charge is 2.34. The maximum atomic E-state index is 12.7. The van der Waals surface area contributed by atoms with Gasteiger partial charge in [0, 0.05) is 37.3 Å². The number of halogens is 3. The van der Waals surface area contributed by atoms with Crippen LogP contribution in [0.25, 0.3) is 0 Å². The van der Waals surface area contributed by atoms with Gasteiger partial charge in [-0.05, 0) is 55.3 Å². The fraction of sp³-hybridized carbons (Fsp3) is 0.304. The number of hydrogen-bond acceptors (Lipinski definition) is 4. The lowest BCUT2D eigenvalue weighted by molar-refractivity contribution is -0.137. The van der Waals surface area contributed by atoms with Crippen LogP contribution in [0.15, 0.2) is 42.5 Å². The number of nitrogens with zero attached hydrogens (tertiary/aromatic N) is 2. The molecule has 2 aliphatic heterocycles. The molecule has 7 nitrogen and oxygen atoms in total. The van der Waals surface area contributed by atoms with Crippen molar-refractivity contribution in [3.8, 4) is 0 Å². The van der Waals surface area contributed by atoms with Gasteiger partial charge >= 0.3 is 6.18 Å². The van der Waals surface area contributed by atoms with Gasteiger partial charge in [0.1, 0.15) is 0 Å². The van der Waals surface area contributed by atoms with E-state index in [2.05, 4.69) is 5.32 Å². The van der Waals surface area contributed by atoms with Gasteiger partial charge in [0.2, 0.25) is 5.91 Å². The van der Waals surface area contributed by atoms with E-state index in [9.17, 15) is 32.3 Å². The summed E-state index contributed by atoms with van der Waals surface area (Å²) in [5.41, 5.74) is 0.262. The van der Waals surface area contributed by atoms with E-state index in [4.69, 9.17) is 0 Å². The lowest BCUT2D eigenvalue weighted by atomic mass is 9.95. The minimum atomic E-state index is -4.47. The number of fused-ring (bicyclic) bond motifs is 1. The van der Waals surface area contributed by atoms with Gasteiger partial charge in [0.25, 0.3) is 17.7 Å². The van der Waals surface area contributed by atoms with E-state index in [-0.39, 0.29) is 34.4 Å². The third kappa shape index (κ3) is 4.33. The van der Waals surface area contributed by atoms with Crippen molar-refractivity contribution in [1.82, 2.24) is 9.80 Å². The summed E-state index contributed by atoms with van der Waals surface area (Å²) in [6, 6.07) is 8.59. The van der Waals surface area contributed by atoms with Crippen molar-refractivity contribution in [2.24, 2.45) is 5.92 Å². The lowest BCUT2D eigenvalue weighted by Crippen LogP contribution is -2.41. The molecule has 2 aliphatic rings. The summed E-state index contributed by atoms with van der Waals surface area (Å²) in [5, 5.41) is 2.76. The third-order valence-corrected chi connectivity index (χ3v) is 5.97. The smallest absolute Gasteiger partial charge is 0.339 e. The molecule has 1 fully saturated rings. The number of likely N-dealkylation sites (tertiary alicyclic amines) is 1. The number of alkyl halides is 3. The zero-order valence-electron chi connectivity index (χ0n) is 17.6. The monoisotopic (exact) mass is 459 g/mol. The van der Waals surface area contributed by atoms with Crippen LogP contribution in [0.5, 0.6) is 0 Å². The van der Waals surface area contributed by atoms with Gasteiger partial charge in [-0.1, -0.05) is 0 Å². The van der Waals surface area contributed by atoms with Gasteiger partial charge in [0.05, 0.1) is 16.7 Å². The van der Waals surface area contributed by atoms with Gasteiger partial charge in [-0.3, -0.25) is 24.1 Å². The van der Waals surface area contributed by atoms with E-state index in [0.717, 1.165) is 29.2 Å². The number of anilines is 1. The van der Waals surface area contributed by atoms with Crippen LogP contribution >= 0.6 is 0 Å². The Kier molecular flexibility index (Phi) is 5.69. The van der Waals surface area contributed by atoms with E-state index in [1.807, 2.05) is 0 Å². The largest absolute Gasteiger partial charge is 0.416 e. The SMILES string of the molecule is CN1C(=O)c2ccc(NC(=O)C3CCN(C(=O)c4ccc(C(F)(F)F)cc4)CC3)cc2C1=O. The molecule has 0 aliphatic carbocycles. The zero-order valence-corrected chi connectivity index (χ0v) is 17.6. The van der Waals surface area contributed by atoms with E-state index in [1.54, 1.807) is 6.07 Å². The van der Waals surface area contributed by atoms with Gasteiger partial charge in [-0.15, -0.1) is 0 Å². The molecule has 0 aromatic heterocycles. The highest BCUT2D eigenvalue weighted by molar-refractivity contribution is 6.21. The van der Waals surface area contributed by atoms with Crippen LogP contribution in [0, 0.1) is 5.92 Å². The lowest BCUT2D eigenvalue weighted by Gasteiger charge is -2.31. The van der Waals surface area contributed by atoms with Crippen LogP contribution in [0.1, 0.15) is 49.5 Å². The van der Waals surface area contributed by atoms with Gasteiger partial charge in [-0.25, -0.2) is 0 Å². The first kappa shape index (κ1) is 22.5. The molecule has 2 heterocycles. The van der Waals surface area contributed by atoms with E-state index in [0.29, 0.717) is 31.6 Å². The molecule has 2 aromatic carbocycles. The first-order valence-electron chi connectivity index (χ1n) is 10.3. The Labute approximate surface area is 187 Å². The topological polar surface area (TPSA) is 86.8 Å². The average Bonchev–Trinajstić information content (AvgIpc) is 3.02. The summed E-state index contributed by atoms with van der Waals surface area (Å²) >= 11 is 0. The zero-order chi connectivity index (χ0) is 23.9. The molecule has 0 spiro atoms. The first-order chi connectivity index (χ1) is 15.6. The van der Waals surface area contributed by atoms with Crippen molar-refractivity contribution in [3.63, 3.8) is 0 Å². The number of piperidine rings is 1. The number of imide groups is 1. The van der Waals surface area contributed by atoms with Gasteiger partial charge < -0.3 is 10.2 Å². The predicted molar refractivity (Wildman–Crippen MR) is 112 cm³/mol. The molecule has 0 atom stereocenters. The molecule has 1 N–H and O–H groups in total. The molecule has 10 heteroatoms. The fourth-order valence-corrected chi connectivity index (χ4v) is 4.01. The molecule has 0 bridgehead atoms. The number of rotatable bonds is 3. The molecule has 0 saturated carbocycles. The summed E-state index contributed by atoms with van der Waals surface area (Å²) in [7, 11) is 1.39. The molecular formula is C23H20F3N3O4. The Morgan fingerprint density at radius 2 is 1.55 bits per heavy atom. The number of nitrogens with one attached hydrogen (secondary N) is 1. The Morgan fingerprint density at radius 3 is 2.15 bits per heavy atom. The van der Waals surface area contributed by atoms with E-state index in [1.165, 1.54) is 24.1 Å². The van der Waals surface area contributed by atoms with Crippen LogP contribution in [0.3, 0.4) is 0 Å². The summed E-state index contributed by atoms with van der Waals surface area (Å²) in [6.45, 7) is 0.583. The van der Waals surface area contributed by atoms with Crippen molar-refractivity contribution >= 4 is 29.3 Å². The minimum absolute atomic E-state index is 0.160. The van der Waals surface area contributed by atoms with E-state index >= 15 is 0 Å². The molecule has 4 rings (SSSR count). The van der Waals surface area contributed by atoms with Gasteiger partial charge in [0.15, 0.2) is 0 Å². The number of amides is 4. The number of hydrogen-bond donors (Lipinski definition) is 1. The number of benzene rings is 2. The van der Waals surface area contributed by atoms with Crippen LogP contribution in [-0.4, -0.2) is 53.6 Å². The van der Waals surface area contributed by atoms with Crippen LogP contribution in [-0.2, 0) is 11.0 Å². The Morgan fingerprint density at radius 1 is 0.939 bits per heavy atom. The standard InChI is InChI=1S/C23H20F3N3O4/c1-28-21(32)17-7-6-16(12-18(17)22(28)33)27-19(30)13-8-10-29(11-9-13)20(31)14-2-4-15(5-3-14)23(24,25)26/h2-7,12-13H,8-11H2,1H3,(H,27,30). The van der Waals surface area contributed by atoms with Crippen LogP contribution < -0.4 is 5.32 Å². The molecule has 33 heavy (non-hydrogen) atoms. The molecule has 2 aromatic rings. The second-order valence-corrected chi connectivity index (χ2v) is 8.06. The number of carbonyl (C=O) groups excluding carboxylic acids is 4. The predicted octanol–water partition coefficient (Wildman–Crippen LogP) is 3.42. The normalized spacial score (nSPS) is 16.7. The Bertz CT molecular complexity index is 1140. The van der Waals surface area contributed by atoms with Gasteiger partial charge in [-0.2, -0.15) is 13.2 Å². The summed E-state index contributed by atoms with van der Waals surface area (Å²) < 4.78 is 38.1. The van der Waals surface area contributed by atoms with Crippen molar-refractivity contribution < 1.29 is 32.3 Å². The van der Waals surface area contributed by atoms with Crippen LogP contribution in [0.2, 0.25) is 0 Å². The molecule has 0 unspecified atom stereocenters. The second kappa shape index (κ2) is 8.34. The highest BCUT2D eigenvalue weighted by Crippen LogP contribution is 2.30. The maximum Gasteiger partial charge on any atom is 0.416 e. The average molecular weight is 459 g/mol. The minimum Gasteiger partial charge on any atom is -0.339 e. The van der Waals surface area contributed by atoms with E-state index < -0.39 is 23.6 Å². The molecule has 0 radical (unpaired) electrons. The first-order valence-corrected chi connectivity index (χ1v) is 10.3. The Hall–Kier alpha value is -3.69. The quantitative estimate of drug-likeness (QED) is 0.713. The second-order valence-electron chi connectivity index (χ2n) is 8.06.